The number of amides is 1. The van der Waals surface area contributed by atoms with E-state index in [9.17, 15) is 18.3 Å². The monoisotopic (exact) mass is 291 g/mol. The van der Waals surface area contributed by atoms with Crippen molar-refractivity contribution in [3.05, 3.63) is 0 Å². The molecule has 0 spiro atoms. The van der Waals surface area contributed by atoms with Crippen molar-refractivity contribution in [2.45, 2.75) is 43.9 Å². The third-order valence-electron chi connectivity index (χ3n) is 4.00. The molecular formula is C12H21NO5S. The van der Waals surface area contributed by atoms with Crippen molar-refractivity contribution in [1.29, 1.82) is 0 Å². The van der Waals surface area contributed by atoms with Crippen LogP contribution in [-0.2, 0) is 19.4 Å². The van der Waals surface area contributed by atoms with Crippen LogP contribution < -0.4 is 5.32 Å². The lowest BCUT2D eigenvalue weighted by Gasteiger charge is -2.26. The van der Waals surface area contributed by atoms with E-state index in [1.165, 1.54) is 7.11 Å². The molecule has 7 heteroatoms. The van der Waals surface area contributed by atoms with Gasteiger partial charge in [-0.25, -0.2) is 8.42 Å². The van der Waals surface area contributed by atoms with E-state index in [-0.39, 0.29) is 29.4 Å². The molecule has 1 aliphatic heterocycles. The fourth-order valence-corrected chi connectivity index (χ4v) is 4.67. The summed E-state index contributed by atoms with van der Waals surface area (Å²) in [5.41, 5.74) is 0. The fourth-order valence-electron chi connectivity index (χ4n) is 2.82. The molecule has 0 bridgehead atoms. The van der Waals surface area contributed by atoms with Crippen molar-refractivity contribution in [2.24, 2.45) is 5.92 Å². The number of aliphatic hydroxyl groups excluding tert-OH is 1. The number of nitrogens with one attached hydrogen (secondary N) is 1. The van der Waals surface area contributed by atoms with Gasteiger partial charge in [-0.05, 0) is 25.7 Å². The maximum Gasteiger partial charge on any atom is 0.223 e. The van der Waals surface area contributed by atoms with Crippen LogP contribution in [0.1, 0.15) is 25.7 Å². The number of methoxy groups -OCH3 is 1. The van der Waals surface area contributed by atoms with Crippen LogP contribution in [0, 0.1) is 5.92 Å². The Morgan fingerprint density at radius 1 is 1.21 bits per heavy atom. The first-order valence-corrected chi connectivity index (χ1v) is 8.45. The highest BCUT2D eigenvalue weighted by Gasteiger charge is 2.39. The second-order valence-electron chi connectivity index (χ2n) is 5.47. The van der Waals surface area contributed by atoms with Crippen molar-refractivity contribution in [3.8, 4) is 0 Å². The highest BCUT2D eigenvalue weighted by Crippen LogP contribution is 2.25. The fraction of sp³-hybridized carbons (Fsp3) is 0.917. The van der Waals surface area contributed by atoms with E-state index in [4.69, 9.17) is 4.74 Å². The van der Waals surface area contributed by atoms with Gasteiger partial charge in [0.25, 0.3) is 0 Å². The van der Waals surface area contributed by atoms with Crippen LogP contribution in [0.5, 0.6) is 0 Å². The Bertz CT molecular complexity index is 427. The maximum atomic E-state index is 12.1. The molecule has 0 aromatic rings. The second-order valence-corrected chi connectivity index (χ2v) is 7.63. The molecule has 0 unspecified atom stereocenters. The van der Waals surface area contributed by atoms with Gasteiger partial charge in [-0.1, -0.05) is 0 Å². The lowest BCUT2D eigenvalue weighted by Crippen LogP contribution is -2.46. The first-order valence-electron chi connectivity index (χ1n) is 6.63. The van der Waals surface area contributed by atoms with E-state index in [1.54, 1.807) is 0 Å². The van der Waals surface area contributed by atoms with Gasteiger partial charge < -0.3 is 15.2 Å². The summed E-state index contributed by atoms with van der Waals surface area (Å²) >= 11 is 0. The van der Waals surface area contributed by atoms with Crippen molar-refractivity contribution < 1.29 is 23.1 Å². The van der Waals surface area contributed by atoms with E-state index in [0.29, 0.717) is 25.7 Å². The Morgan fingerprint density at radius 2 is 1.84 bits per heavy atom. The number of rotatable bonds is 3. The molecule has 2 fully saturated rings. The topological polar surface area (TPSA) is 92.7 Å². The SMILES string of the molecule is CO[C@@H]1CS(=O)(=O)C[C@H]1NC(=O)C1CCC(O)CC1. The molecule has 0 aromatic heterocycles. The Hall–Kier alpha value is -0.660. The number of sulfone groups is 1. The molecule has 2 N–H and O–H groups in total. The van der Waals surface area contributed by atoms with Gasteiger partial charge in [-0.3, -0.25) is 4.79 Å². The number of ether oxygens (including phenoxy) is 1. The van der Waals surface area contributed by atoms with Crippen molar-refractivity contribution in [1.82, 2.24) is 5.32 Å². The molecule has 110 valence electrons. The van der Waals surface area contributed by atoms with Gasteiger partial charge in [-0.15, -0.1) is 0 Å². The van der Waals surface area contributed by atoms with E-state index in [0.717, 1.165) is 0 Å². The highest BCUT2D eigenvalue weighted by atomic mass is 32.2. The molecule has 0 radical (unpaired) electrons. The number of hydrogen-bond donors (Lipinski definition) is 2. The van der Waals surface area contributed by atoms with Gasteiger partial charge in [0.1, 0.15) is 0 Å². The van der Waals surface area contributed by atoms with Crippen molar-refractivity contribution in [3.63, 3.8) is 0 Å². The van der Waals surface area contributed by atoms with Gasteiger partial charge in [0.2, 0.25) is 5.91 Å². The zero-order valence-electron chi connectivity index (χ0n) is 11.0. The first kappa shape index (κ1) is 14.7. The largest absolute Gasteiger partial charge is 0.393 e. The van der Waals surface area contributed by atoms with Gasteiger partial charge in [0.15, 0.2) is 9.84 Å². The Balaban J connectivity index is 1.91. The maximum absolute atomic E-state index is 12.1. The molecular weight excluding hydrogens is 270 g/mol. The Kier molecular flexibility index (Phi) is 4.47. The molecule has 1 amide bonds. The molecule has 0 aromatic carbocycles. The summed E-state index contributed by atoms with van der Waals surface area (Å²) in [5.74, 6) is -0.315. The van der Waals surface area contributed by atoms with Crippen LogP contribution in [0.15, 0.2) is 0 Å². The Morgan fingerprint density at radius 3 is 2.42 bits per heavy atom. The first-order chi connectivity index (χ1) is 8.91. The molecule has 19 heavy (non-hydrogen) atoms. The quantitative estimate of drug-likeness (QED) is 0.729. The van der Waals surface area contributed by atoms with Crippen molar-refractivity contribution >= 4 is 15.7 Å². The van der Waals surface area contributed by atoms with Crippen molar-refractivity contribution in [2.75, 3.05) is 18.6 Å². The number of carbonyl (C=O) groups is 1. The second kappa shape index (κ2) is 5.76. The summed E-state index contributed by atoms with van der Waals surface area (Å²) in [5, 5.41) is 12.2. The molecule has 2 atom stereocenters. The summed E-state index contributed by atoms with van der Waals surface area (Å²) in [6.45, 7) is 0. The normalized spacial score (nSPS) is 38.0. The summed E-state index contributed by atoms with van der Waals surface area (Å²) in [4.78, 5) is 12.1. The van der Waals surface area contributed by atoms with E-state index in [2.05, 4.69) is 5.32 Å². The average Bonchev–Trinajstić information content (AvgIpc) is 2.64. The molecule has 1 heterocycles. The highest BCUT2D eigenvalue weighted by molar-refractivity contribution is 7.91. The van der Waals surface area contributed by atoms with Gasteiger partial charge in [0, 0.05) is 13.0 Å². The van der Waals surface area contributed by atoms with Crippen LogP contribution in [0.4, 0.5) is 0 Å². The van der Waals surface area contributed by atoms with Crippen LogP contribution in [0.2, 0.25) is 0 Å². The number of carbonyl (C=O) groups excluding carboxylic acids is 1. The summed E-state index contributed by atoms with van der Waals surface area (Å²) in [6.07, 6.45) is 1.82. The lowest BCUT2D eigenvalue weighted by molar-refractivity contribution is -0.127. The predicted octanol–water partition coefficient (Wildman–Crippen LogP) is -0.534. The van der Waals surface area contributed by atoms with Crippen LogP contribution >= 0.6 is 0 Å². The zero-order valence-corrected chi connectivity index (χ0v) is 11.9. The predicted molar refractivity (Wildman–Crippen MR) is 69.3 cm³/mol. The minimum absolute atomic E-state index is 0.0299. The molecule has 1 saturated heterocycles. The van der Waals surface area contributed by atoms with Crippen LogP contribution in [0.25, 0.3) is 0 Å². The number of aliphatic hydroxyl groups is 1. The summed E-state index contributed by atoms with van der Waals surface area (Å²) in [7, 11) is -1.66. The molecule has 2 rings (SSSR count). The third kappa shape index (κ3) is 3.67. The zero-order chi connectivity index (χ0) is 14.0. The third-order valence-corrected chi connectivity index (χ3v) is 5.70. The summed E-state index contributed by atoms with van der Waals surface area (Å²) in [6, 6.07) is -0.450. The molecule has 1 aliphatic carbocycles. The lowest BCUT2D eigenvalue weighted by atomic mass is 9.86. The standard InChI is InChI=1S/C12H21NO5S/c1-18-11-7-19(16,17)6-10(11)13-12(15)8-2-4-9(14)5-3-8/h8-11,14H,2-7H2,1H3,(H,13,15)/t8?,9?,10-,11-/m1/s1. The minimum atomic E-state index is -3.12. The minimum Gasteiger partial charge on any atom is -0.393 e. The van der Waals surface area contributed by atoms with Gasteiger partial charge in [-0.2, -0.15) is 0 Å². The van der Waals surface area contributed by atoms with Crippen LogP contribution in [-0.4, -0.2) is 56.3 Å². The van der Waals surface area contributed by atoms with Gasteiger partial charge >= 0.3 is 0 Å². The van der Waals surface area contributed by atoms with E-state index in [1.807, 2.05) is 0 Å². The van der Waals surface area contributed by atoms with E-state index >= 15 is 0 Å². The average molecular weight is 291 g/mol. The van der Waals surface area contributed by atoms with E-state index < -0.39 is 22.0 Å². The molecule has 1 saturated carbocycles. The van der Waals surface area contributed by atoms with Crippen LogP contribution in [0.3, 0.4) is 0 Å². The Labute approximate surface area is 113 Å². The van der Waals surface area contributed by atoms with Gasteiger partial charge in [0.05, 0.1) is 29.8 Å². The summed E-state index contributed by atoms with van der Waals surface area (Å²) < 4.78 is 28.2. The number of hydrogen-bond acceptors (Lipinski definition) is 5. The smallest absolute Gasteiger partial charge is 0.223 e. The molecule has 6 nitrogen and oxygen atoms in total. The molecule has 2 aliphatic rings.